The van der Waals surface area contributed by atoms with Crippen molar-refractivity contribution < 1.29 is 20.8 Å². The van der Waals surface area contributed by atoms with Crippen LogP contribution in [0.3, 0.4) is 0 Å². The van der Waals surface area contributed by atoms with E-state index in [0.29, 0.717) is 16.9 Å². The third kappa shape index (κ3) is 2.54. The van der Waals surface area contributed by atoms with Crippen molar-refractivity contribution in [1.29, 1.82) is 0 Å². The normalized spacial score (nSPS) is 11.3. The van der Waals surface area contributed by atoms with Gasteiger partial charge in [0.1, 0.15) is 5.82 Å². The molecule has 0 unspecified atom stereocenters. The van der Waals surface area contributed by atoms with Crippen LogP contribution in [0.15, 0.2) is 48.5 Å². The second-order valence-electron chi connectivity index (χ2n) is 4.32. The summed E-state index contributed by atoms with van der Waals surface area (Å²) in [5.74, 6) is -2.15. The molecule has 0 atom stereocenters. The predicted molar refractivity (Wildman–Crippen MR) is 73.5 cm³/mol. The summed E-state index contributed by atoms with van der Waals surface area (Å²) in [6.07, 6.45) is 0. The number of hydrogen-bond donors (Lipinski definition) is 4. The van der Waals surface area contributed by atoms with Gasteiger partial charge in [0.25, 0.3) is 0 Å². The molecule has 0 saturated heterocycles. The van der Waals surface area contributed by atoms with E-state index in [2.05, 4.69) is 9.97 Å². The van der Waals surface area contributed by atoms with Crippen LogP contribution in [0.2, 0.25) is 0 Å². The lowest BCUT2D eigenvalue weighted by atomic mass is 10.1. The number of aromatic nitrogens is 2. The van der Waals surface area contributed by atoms with Crippen molar-refractivity contribution in [2.24, 2.45) is 0 Å². The van der Waals surface area contributed by atoms with Gasteiger partial charge in [0.2, 0.25) is 0 Å². The Hall–Kier alpha value is -2.25. The predicted octanol–water partition coefficient (Wildman–Crippen LogP) is 0.492. The summed E-state index contributed by atoms with van der Waals surface area (Å²) in [7, 11) is 0. The second kappa shape index (κ2) is 5.03. The number of H-pyrrole nitrogens is 1. The molecular weight excluding hydrogens is 260 g/mol. The number of aromatic amines is 1. The van der Waals surface area contributed by atoms with Gasteiger partial charge >= 0.3 is 5.97 Å². The molecule has 0 amide bonds. The average molecular weight is 274 g/mol. The van der Waals surface area contributed by atoms with Crippen LogP contribution in [-0.2, 0) is 5.97 Å². The van der Waals surface area contributed by atoms with Gasteiger partial charge in [-0.2, -0.15) is 0 Å². The Kier molecular flexibility index (Phi) is 3.56. The maximum absolute atomic E-state index is 9.15. The lowest BCUT2D eigenvalue weighted by molar-refractivity contribution is -0.323. The van der Waals surface area contributed by atoms with Gasteiger partial charge in [0.15, 0.2) is 0 Å². The van der Waals surface area contributed by atoms with Crippen molar-refractivity contribution in [3.63, 3.8) is 0 Å². The highest BCUT2D eigenvalue weighted by atomic mass is 16.7. The van der Waals surface area contributed by atoms with Gasteiger partial charge in [-0.15, -0.1) is 0 Å². The molecule has 104 valence electrons. The van der Waals surface area contributed by atoms with Gasteiger partial charge in [-0.3, -0.25) is 0 Å². The molecule has 20 heavy (non-hydrogen) atoms. The first-order valence-electron chi connectivity index (χ1n) is 5.77. The first-order chi connectivity index (χ1) is 9.04. The lowest BCUT2D eigenvalue weighted by Gasteiger charge is -2.13. The van der Waals surface area contributed by atoms with E-state index >= 15 is 0 Å². The summed E-state index contributed by atoms with van der Waals surface area (Å²) in [5.41, 5.74) is 2.23. The Morgan fingerprint density at radius 1 is 0.950 bits per heavy atom. The molecule has 0 bridgehead atoms. The molecule has 0 aliphatic rings. The van der Waals surface area contributed by atoms with E-state index in [-0.39, 0.29) is 11.0 Å². The number of aliphatic hydroxyl groups is 3. The molecule has 0 saturated carbocycles. The smallest absolute Gasteiger partial charge is 0.304 e. The molecule has 6 N–H and O–H groups in total. The van der Waals surface area contributed by atoms with Crippen molar-refractivity contribution in [1.82, 2.24) is 9.97 Å². The Morgan fingerprint density at radius 2 is 1.65 bits per heavy atom. The van der Waals surface area contributed by atoms with Gasteiger partial charge in [-0.1, -0.05) is 30.3 Å². The largest absolute Gasteiger partial charge is 0.412 e. The van der Waals surface area contributed by atoms with Gasteiger partial charge in [-0.05, 0) is 18.2 Å². The van der Waals surface area contributed by atoms with Crippen molar-refractivity contribution in [3.8, 4) is 11.4 Å². The Morgan fingerprint density at radius 3 is 2.30 bits per heavy atom. The van der Waals surface area contributed by atoms with E-state index in [1.807, 2.05) is 30.3 Å². The average Bonchev–Trinajstić information content (AvgIpc) is 2.81. The number of imidazole rings is 1. The third-order valence-corrected chi connectivity index (χ3v) is 2.92. The number of hydrogen-bond acceptors (Lipinski definition) is 4. The van der Waals surface area contributed by atoms with Crippen LogP contribution in [0.5, 0.6) is 0 Å². The number of benzene rings is 2. The van der Waals surface area contributed by atoms with Crippen molar-refractivity contribution >= 4 is 11.0 Å². The van der Waals surface area contributed by atoms with Crippen LogP contribution in [0.25, 0.3) is 22.4 Å². The Balaban J connectivity index is 0.00000147. The van der Waals surface area contributed by atoms with Gasteiger partial charge in [0, 0.05) is 11.1 Å². The summed E-state index contributed by atoms with van der Waals surface area (Å²) < 4.78 is 0. The van der Waals surface area contributed by atoms with Gasteiger partial charge in [0.05, 0.1) is 11.0 Å². The van der Waals surface area contributed by atoms with Gasteiger partial charge in [-0.25, -0.2) is 4.98 Å². The minimum absolute atomic E-state index is 0. The Bertz CT molecular complexity index is 717. The molecule has 0 aliphatic heterocycles. The fourth-order valence-electron chi connectivity index (χ4n) is 1.95. The summed E-state index contributed by atoms with van der Waals surface area (Å²) in [6, 6.07) is 14.1. The van der Waals surface area contributed by atoms with Crippen LogP contribution in [-0.4, -0.2) is 30.8 Å². The van der Waals surface area contributed by atoms with Crippen LogP contribution in [0.1, 0.15) is 5.56 Å². The second-order valence-corrected chi connectivity index (χ2v) is 4.32. The first kappa shape index (κ1) is 14.2. The third-order valence-electron chi connectivity index (χ3n) is 2.92. The standard InChI is InChI=1S/C14H12N2O3.H2O/c17-14(18,19)10-6-7-11-12(8-10)16-13(15-11)9-4-2-1-3-5-9;/h1-8,17-19H,(H,15,16);1H2. The highest BCUT2D eigenvalue weighted by Gasteiger charge is 2.22. The van der Waals surface area contributed by atoms with Crippen LogP contribution in [0.4, 0.5) is 0 Å². The van der Waals surface area contributed by atoms with E-state index in [1.165, 1.54) is 12.1 Å². The lowest BCUT2D eigenvalue weighted by Crippen LogP contribution is -2.23. The quantitative estimate of drug-likeness (QED) is 0.508. The molecular formula is C14H14N2O4. The van der Waals surface area contributed by atoms with E-state index < -0.39 is 5.97 Å². The van der Waals surface area contributed by atoms with E-state index in [0.717, 1.165) is 5.56 Å². The van der Waals surface area contributed by atoms with E-state index in [4.69, 9.17) is 15.3 Å². The van der Waals surface area contributed by atoms with Crippen molar-refractivity contribution in [2.45, 2.75) is 5.97 Å². The van der Waals surface area contributed by atoms with Crippen molar-refractivity contribution in [2.75, 3.05) is 0 Å². The number of nitrogens with one attached hydrogen (secondary N) is 1. The zero-order valence-electron chi connectivity index (χ0n) is 10.4. The van der Waals surface area contributed by atoms with Crippen LogP contribution < -0.4 is 0 Å². The molecule has 0 aliphatic carbocycles. The summed E-state index contributed by atoms with van der Waals surface area (Å²) in [5, 5.41) is 27.4. The van der Waals surface area contributed by atoms with Crippen molar-refractivity contribution in [3.05, 3.63) is 54.1 Å². The Labute approximate surface area is 114 Å². The monoisotopic (exact) mass is 274 g/mol. The number of nitrogens with zero attached hydrogens (tertiary/aromatic N) is 1. The molecule has 2 aromatic carbocycles. The molecule has 1 aromatic heterocycles. The summed E-state index contributed by atoms with van der Waals surface area (Å²) in [6.45, 7) is 0. The molecule has 6 nitrogen and oxygen atoms in total. The molecule has 0 fully saturated rings. The highest BCUT2D eigenvalue weighted by molar-refractivity contribution is 5.80. The minimum Gasteiger partial charge on any atom is -0.412 e. The van der Waals surface area contributed by atoms with E-state index in [1.54, 1.807) is 6.07 Å². The van der Waals surface area contributed by atoms with E-state index in [9.17, 15) is 0 Å². The zero-order valence-corrected chi connectivity index (χ0v) is 10.4. The molecule has 3 rings (SSSR count). The molecule has 3 aromatic rings. The summed E-state index contributed by atoms with van der Waals surface area (Å²) >= 11 is 0. The zero-order chi connectivity index (χ0) is 13.5. The molecule has 0 spiro atoms. The molecule has 6 heteroatoms. The number of rotatable bonds is 2. The van der Waals surface area contributed by atoms with Crippen LogP contribution in [0, 0.1) is 0 Å². The minimum atomic E-state index is -2.84. The number of fused-ring (bicyclic) bond motifs is 1. The molecule has 1 heterocycles. The fourth-order valence-corrected chi connectivity index (χ4v) is 1.95. The molecule has 0 radical (unpaired) electrons. The maximum atomic E-state index is 9.15. The highest BCUT2D eigenvalue weighted by Crippen LogP contribution is 2.23. The topological polar surface area (TPSA) is 121 Å². The summed E-state index contributed by atoms with van der Waals surface area (Å²) in [4.78, 5) is 7.49. The maximum Gasteiger partial charge on any atom is 0.304 e. The fraction of sp³-hybridized carbons (Fsp3) is 0.0714. The van der Waals surface area contributed by atoms with Gasteiger partial charge < -0.3 is 25.8 Å². The first-order valence-corrected chi connectivity index (χ1v) is 5.77. The van der Waals surface area contributed by atoms with Crippen LogP contribution >= 0.6 is 0 Å². The SMILES string of the molecule is O.OC(O)(O)c1ccc2nc(-c3ccccc3)[nH]c2c1.